The van der Waals surface area contributed by atoms with Crippen molar-refractivity contribution in [3.63, 3.8) is 0 Å². The van der Waals surface area contributed by atoms with Crippen LogP contribution in [0.15, 0.2) is 30.3 Å². The fraction of sp³-hybridized carbons (Fsp3) is 0.333. The van der Waals surface area contributed by atoms with Gasteiger partial charge < -0.3 is 15.4 Å². The van der Waals surface area contributed by atoms with E-state index in [1.807, 2.05) is 37.4 Å². The van der Waals surface area contributed by atoms with Gasteiger partial charge in [-0.05, 0) is 12.1 Å². The number of hydrogen-bond acceptors (Lipinski definition) is 5. The van der Waals surface area contributed by atoms with Gasteiger partial charge in [0.05, 0.1) is 7.11 Å². The molecule has 1 aromatic heterocycles. The molecule has 0 fully saturated rings. The summed E-state index contributed by atoms with van der Waals surface area (Å²) < 4.78 is 5.21. The Hall–Kier alpha value is -2.30. The van der Waals surface area contributed by atoms with Crippen LogP contribution in [0.2, 0.25) is 0 Å². The first kappa shape index (κ1) is 14.1. The van der Waals surface area contributed by atoms with E-state index in [9.17, 15) is 0 Å². The molecule has 2 rings (SSSR count). The molecule has 5 nitrogen and oxygen atoms in total. The van der Waals surface area contributed by atoms with Gasteiger partial charge in [-0.25, -0.2) is 9.97 Å². The number of nitrogens with one attached hydrogen (secondary N) is 2. The van der Waals surface area contributed by atoms with Crippen molar-refractivity contribution in [1.29, 1.82) is 0 Å². The fourth-order valence-electron chi connectivity index (χ4n) is 1.76. The van der Waals surface area contributed by atoms with Crippen molar-refractivity contribution < 1.29 is 4.74 Å². The van der Waals surface area contributed by atoms with Gasteiger partial charge in [0.15, 0.2) is 0 Å². The minimum Gasteiger partial charge on any atom is -0.497 e. The van der Waals surface area contributed by atoms with Crippen LogP contribution in [0, 0.1) is 0 Å². The third-order valence-electron chi connectivity index (χ3n) is 2.86. The Labute approximate surface area is 119 Å². The maximum Gasteiger partial charge on any atom is 0.136 e. The molecule has 20 heavy (non-hydrogen) atoms. The molecule has 0 aliphatic carbocycles. The summed E-state index contributed by atoms with van der Waals surface area (Å²) in [5, 5.41) is 6.33. The molecule has 0 saturated carbocycles. The Kier molecular flexibility index (Phi) is 4.40. The zero-order valence-electron chi connectivity index (χ0n) is 12.3. The molecule has 5 heteroatoms. The van der Waals surface area contributed by atoms with Crippen LogP contribution in [0.25, 0.3) is 0 Å². The van der Waals surface area contributed by atoms with Crippen LogP contribution >= 0.6 is 0 Å². The Morgan fingerprint density at radius 3 is 2.50 bits per heavy atom. The number of methoxy groups -OCH3 is 1. The Balaban J connectivity index is 2.29. The molecule has 0 spiro atoms. The van der Waals surface area contributed by atoms with Gasteiger partial charge in [-0.15, -0.1) is 0 Å². The number of benzene rings is 1. The molecule has 0 saturated heterocycles. The number of rotatable bonds is 5. The van der Waals surface area contributed by atoms with Gasteiger partial charge in [-0.3, -0.25) is 0 Å². The van der Waals surface area contributed by atoms with Crippen LogP contribution in [0.1, 0.15) is 25.6 Å². The molecule has 0 amide bonds. The van der Waals surface area contributed by atoms with Crippen LogP contribution in [-0.2, 0) is 0 Å². The molecule has 2 aromatic rings. The molecule has 2 N–H and O–H groups in total. The van der Waals surface area contributed by atoms with E-state index in [2.05, 4.69) is 34.4 Å². The van der Waals surface area contributed by atoms with E-state index in [1.54, 1.807) is 7.11 Å². The monoisotopic (exact) mass is 272 g/mol. The first-order valence-electron chi connectivity index (χ1n) is 6.60. The van der Waals surface area contributed by atoms with Crippen molar-refractivity contribution in [2.24, 2.45) is 0 Å². The highest BCUT2D eigenvalue weighted by Crippen LogP contribution is 2.23. The van der Waals surface area contributed by atoms with Crippen LogP contribution in [0.4, 0.5) is 17.3 Å². The molecule has 106 valence electrons. The average molecular weight is 272 g/mol. The standard InChI is InChI=1S/C15H20N4O/c1-10(2)15-18-13(16-3)9-14(19-15)17-11-6-5-7-12(8-11)20-4/h5-10H,1-4H3,(H2,16,17,18,19). The second-order valence-electron chi connectivity index (χ2n) is 4.76. The molecule has 0 aliphatic rings. The van der Waals surface area contributed by atoms with E-state index < -0.39 is 0 Å². The lowest BCUT2D eigenvalue weighted by Gasteiger charge is -2.12. The topological polar surface area (TPSA) is 59.1 Å². The second-order valence-corrected chi connectivity index (χ2v) is 4.76. The zero-order chi connectivity index (χ0) is 14.5. The SMILES string of the molecule is CNc1cc(Nc2cccc(OC)c2)nc(C(C)C)n1. The summed E-state index contributed by atoms with van der Waals surface area (Å²) in [5.74, 6) is 3.45. The highest BCUT2D eigenvalue weighted by molar-refractivity contribution is 5.60. The Bertz CT molecular complexity index is 584. The first-order chi connectivity index (χ1) is 9.62. The molecular formula is C15H20N4O. The summed E-state index contributed by atoms with van der Waals surface area (Å²) in [6, 6.07) is 9.62. The lowest BCUT2D eigenvalue weighted by Crippen LogP contribution is -2.05. The minimum absolute atomic E-state index is 0.272. The minimum atomic E-state index is 0.272. The number of hydrogen-bond donors (Lipinski definition) is 2. The smallest absolute Gasteiger partial charge is 0.136 e. The summed E-state index contributed by atoms with van der Waals surface area (Å²) >= 11 is 0. The van der Waals surface area contributed by atoms with Crippen molar-refractivity contribution in [1.82, 2.24) is 9.97 Å². The van der Waals surface area contributed by atoms with Crippen LogP contribution in [-0.4, -0.2) is 24.1 Å². The van der Waals surface area contributed by atoms with E-state index in [1.165, 1.54) is 0 Å². The van der Waals surface area contributed by atoms with Crippen molar-refractivity contribution >= 4 is 17.3 Å². The number of aromatic nitrogens is 2. The highest BCUT2D eigenvalue weighted by Gasteiger charge is 2.08. The fourth-order valence-corrected chi connectivity index (χ4v) is 1.76. The third kappa shape index (κ3) is 3.38. The number of ether oxygens (including phenoxy) is 1. The Morgan fingerprint density at radius 2 is 1.85 bits per heavy atom. The van der Waals surface area contributed by atoms with Gasteiger partial charge in [0, 0.05) is 30.8 Å². The van der Waals surface area contributed by atoms with Crippen molar-refractivity contribution in [3.05, 3.63) is 36.2 Å². The summed E-state index contributed by atoms with van der Waals surface area (Å²) in [6.45, 7) is 4.15. The van der Waals surface area contributed by atoms with Gasteiger partial charge >= 0.3 is 0 Å². The maximum atomic E-state index is 5.21. The molecule has 1 aromatic carbocycles. The van der Waals surface area contributed by atoms with Crippen molar-refractivity contribution in [3.8, 4) is 5.75 Å². The predicted molar refractivity (Wildman–Crippen MR) is 81.9 cm³/mol. The first-order valence-corrected chi connectivity index (χ1v) is 6.60. The van der Waals surface area contributed by atoms with Gasteiger partial charge in [0.1, 0.15) is 23.2 Å². The molecule has 0 atom stereocenters. The van der Waals surface area contributed by atoms with E-state index in [0.29, 0.717) is 0 Å². The third-order valence-corrected chi connectivity index (χ3v) is 2.86. The van der Waals surface area contributed by atoms with Crippen LogP contribution in [0.3, 0.4) is 0 Å². The lowest BCUT2D eigenvalue weighted by atomic mass is 10.2. The largest absolute Gasteiger partial charge is 0.497 e. The van der Waals surface area contributed by atoms with Crippen LogP contribution < -0.4 is 15.4 Å². The normalized spacial score (nSPS) is 10.4. The van der Waals surface area contributed by atoms with Crippen molar-refractivity contribution in [2.75, 3.05) is 24.8 Å². The van der Waals surface area contributed by atoms with E-state index in [0.717, 1.165) is 28.9 Å². The van der Waals surface area contributed by atoms with Gasteiger partial charge in [-0.1, -0.05) is 19.9 Å². The maximum absolute atomic E-state index is 5.21. The van der Waals surface area contributed by atoms with Gasteiger partial charge in [0.25, 0.3) is 0 Å². The predicted octanol–water partition coefficient (Wildman–Crippen LogP) is 3.39. The molecule has 1 heterocycles. The zero-order valence-corrected chi connectivity index (χ0v) is 12.3. The molecule has 0 aliphatic heterocycles. The highest BCUT2D eigenvalue weighted by atomic mass is 16.5. The molecule has 0 unspecified atom stereocenters. The van der Waals surface area contributed by atoms with Crippen molar-refractivity contribution in [2.45, 2.75) is 19.8 Å². The Morgan fingerprint density at radius 1 is 1.10 bits per heavy atom. The van der Waals surface area contributed by atoms with E-state index in [-0.39, 0.29) is 5.92 Å². The summed E-state index contributed by atoms with van der Waals surface area (Å²) in [7, 11) is 3.50. The van der Waals surface area contributed by atoms with Gasteiger partial charge in [-0.2, -0.15) is 0 Å². The van der Waals surface area contributed by atoms with Gasteiger partial charge in [0.2, 0.25) is 0 Å². The second kappa shape index (κ2) is 6.23. The summed E-state index contributed by atoms with van der Waals surface area (Å²) in [6.07, 6.45) is 0. The number of anilines is 3. The summed E-state index contributed by atoms with van der Waals surface area (Å²) in [4.78, 5) is 8.97. The molecule has 0 bridgehead atoms. The van der Waals surface area contributed by atoms with E-state index in [4.69, 9.17) is 4.74 Å². The van der Waals surface area contributed by atoms with E-state index >= 15 is 0 Å². The summed E-state index contributed by atoms with van der Waals surface area (Å²) in [5.41, 5.74) is 0.930. The molecular weight excluding hydrogens is 252 g/mol. The van der Waals surface area contributed by atoms with Crippen LogP contribution in [0.5, 0.6) is 5.75 Å². The average Bonchev–Trinajstić information content (AvgIpc) is 2.47. The number of nitrogens with zero attached hydrogens (tertiary/aromatic N) is 2. The lowest BCUT2D eigenvalue weighted by molar-refractivity contribution is 0.415. The molecule has 0 radical (unpaired) electrons. The quantitative estimate of drug-likeness (QED) is 0.873.